The fraction of sp³-hybridized carbons (Fsp3) is 0.200. The van der Waals surface area contributed by atoms with Crippen LogP contribution >= 0.6 is 0 Å². The van der Waals surface area contributed by atoms with Crippen molar-refractivity contribution in [3.05, 3.63) is 90.3 Å². The van der Waals surface area contributed by atoms with Gasteiger partial charge in [0.25, 0.3) is 5.91 Å². The fourth-order valence-corrected chi connectivity index (χ4v) is 4.00. The SMILES string of the molecule is Cc1cccc(N2CCN(C(=O)c3cc(-c4ccco4)nn3-c3ccccc3)CC2)c1. The van der Waals surface area contributed by atoms with Gasteiger partial charge in [-0.25, -0.2) is 4.68 Å². The largest absolute Gasteiger partial charge is 0.463 e. The number of hydrogen-bond donors (Lipinski definition) is 0. The quantitative estimate of drug-likeness (QED) is 0.498. The highest BCUT2D eigenvalue weighted by Gasteiger charge is 2.26. The van der Waals surface area contributed by atoms with E-state index < -0.39 is 0 Å². The van der Waals surface area contributed by atoms with Gasteiger partial charge in [-0.3, -0.25) is 4.79 Å². The minimum atomic E-state index is -0.0157. The lowest BCUT2D eigenvalue weighted by atomic mass is 10.2. The van der Waals surface area contributed by atoms with Crippen LogP contribution in [0.5, 0.6) is 0 Å². The molecule has 5 rings (SSSR count). The minimum absolute atomic E-state index is 0.0157. The number of anilines is 1. The van der Waals surface area contributed by atoms with Crippen molar-refractivity contribution in [2.45, 2.75) is 6.92 Å². The molecule has 0 N–H and O–H groups in total. The van der Waals surface area contributed by atoms with Crippen molar-refractivity contribution in [1.29, 1.82) is 0 Å². The van der Waals surface area contributed by atoms with Crippen molar-refractivity contribution >= 4 is 11.6 Å². The predicted octanol–water partition coefficient (Wildman–Crippen LogP) is 4.40. The lowest BCUT2D eigenvalue weighted by Crippen LogP contribution is -2.49. The average Bonchev–Trinajstić information content (AvgIpc) is 3.49. The molecule has 6 heteroatoms. The Kier molecular flexibility index (Phi) is 5.04. The summed E-state index contributed by atoms with van der Waals surface area (Å²) in [6.45, 7) is 5.05. The molecule has 3 heterocycles. The summed E-state index contributed by atoms with van der Waals surface area (Å²) in [4.78, 5) is 17.7. The Bertz CT molecular complexity index is 1170. The average molecular weight is 412 g/mol. The Balaban J connectivity index is 1.40. The molecule has 0 saturated carbocycles. The van der Waals surface area contributed by atoms with Crippen LogP contribution in [-0.2, 0) is 0 Å². The van der Waals surface area contributed by atoms with Crippen LogP contribution in [0, 0.1) is 6.92 Å². The summed E-state index contributed by atoms with van der Waals surface area (Å²) in [6, 6.07) is 23.7. The summed E-state index contributed by atoms with van der Waals surface area (Å²) in [5.74, 6) is 0.631. The van der Waals surface area contributed by atoms with Crippen molar-refractivity contribution in [2.24, 2.45) is 0 Å². The Morgan fingerprint density at radius 1 is 0.871 bits per heavy atom. The predicted molar refractivity (Wildman–Crippen MR) is 121 cm³/mol. The number of furan rings is 1. The molecule has 1 amide bonds. The van der Waals surface area contributed by atoms with E-state index in [1.54, 1.807) is 10.9 Å². The van der Waals surface area contributed by atoms with Crippen LogP contribution in [-0.4, -0.2) is 46.8 Å². The van der Waals surface area contributed by atoms with E-state index in [1.807, 2.05) is 53.4 Å². The molecule has 2 aromatic carbocycles. The number of carbonyl (C=O) groups is 1. The molecular formula is C25H24N4O2. The molecule has 0 spiro atoms. The summed E-state index contributed by atoms with van der Waals surface area (Å²) in [6.07, 6.45) is 1.61. The Hall–Kier alpha value is -3.80. The van der Waals surface area contributed by atoms with Crippen molar-refractivity contribution in [3.8, 4) is 17.1 Å². The maximum Gasteiger partial charge on any atom is 0.272 e. The van der Waals surface area contributed by atoms with Crippen molar-refractivity contribution < 1.29 is 9.21 Å². The van der Waals surface area contributed by atoms with Gasteiger partial charge in [0.2, 0.25) is 0 Å². The van der Waals surface area contributed by atoms with Gasteiger partial charge in [0.1, 0.15) is 11.4 Å². The van der Waals surface area contributed by atoms with Gasteiger partial charge in [0, 0.05) is 37.9 Å². The molecule has 0 aliphatic carbocycles. The second kappa shape index (κ2) is 8.14. The first-order valence-corrected chi connectivity index (χ1v) is 10.5. The fourth-order valence-electron chi connectivity index (χ4n) is 4.00. The molecule has 4 aromatic rings. The standard InChI is InChI=1S/C25H24N4O2/c1-19-7-5-10-21(17-19)27-12-14-28(15-13-27)25(30)23-18-22(24-11-6-16-31-24)26-29(23)20-8-3-2-4-9-20/h2-11,16-18H,12-15H2,1H3. The van der Waals surface area contributed by atoms with E-state index >= 15 is 0 Å². The van der Waals surface area contributed by atoms with E-state index in [-0.39, 0.29) is 5.91 Å². The molecule has 1 aliphatic heterocycles. The van der Waals surface area contributed by atoms with Crippen molar-refractivity contribution in [1.82, 2.24) is 14.7 Å². The van der Waals surface area contributed by atoms with Crippen LogP contribution in [0.3, 0.4) is 0 Å². The second-order valence-corrected chi connectivity index (χ2v) is 7.76. The Morgan fingerprint density at radius 2 is 1.65 bits per heavy atom. The van der Waals surface area contributed by atoms with Gasteiger partial charge in [-0.1, -0.05) is 30.3 Å². The number of amides is 1. The van der Waals surface area contributed by atoms with Gasteiger partial charge >= 0.3 is 0 Å². The summed E-state index contributed by atoms with van der Waals surface area (Å²) >= 11 is 0. The van der Waals surface area contributed by atoms with E-state index in [4.69, 9.17) is 4.42 Å². The van der Waals surface area contributed by atoms with Crippen LogP contribution in [0.4, 0.5) is 5.69 Å². The van der Waals surface area contributed by atoms with Gasteiger partial charge in [-0.2, -0.15) is 5.10 Å². The number of aromatic nitrogens is 2. The van der Waals surface area contributed by atoms with Crippen molar-refractivity contribution in [2.75, 3.05) is 31.1 Å². The van der Waals surface area contributed by atoms with Gasteiger partial charge in [0.05, 0.1) is 12.0 Å². The molecule has 156 valence electrons. The Morgan fingerprint density at radius 3 is 2.35 bits per heavy atom. The molecule has 1 aliphatic rings. The number of rotatable bonds is 4. The minimum Gasteiger partial charge on any atom is -0.463 e. The highest BCUT2D eigenvalue weighted by molar-refractivity contribution is 5.94. The number of para-hydroxylation sites is 1. The highest BCUT2D eigenvalue weighted by Crippen LogP contribution is 2.24. The van der Waals surface area contributed by atoms with Crippen LogP contribution in [0.2, 0.25) is 0 Å². The van der Waals surface area contributed by atoms with Crippen LogP contribution < -0.4 is 4.90 Å². The first-order chi connectivity index (χ1) is 15.2. The smallest absolute Gasteiger partial charge is 0.272 e. The normalized spacial score (nSPS) is 14.1. The summed E-state index contributed by atoms with van der Waals surface area (Å²) in [5, 5.41) is 4.68. The van der Waals surface area contributed by atoms with Crippen molar-refractivity contribution in [3.63, 3.8) is 0 Å². The molecule has 31 heavy (non-hydrogen) atoms. The zero-order chi connectivity index (χ0) is 21.2. The highest BCUT2D eigenvalue weighted by atomic mass is 16.3. The maximum atomic E-state index is 13.5. The lowest BCUT2D eigenvalue weighted by Gasteiger charge is -2.36. The monoisotopic (exact) mass is 412 g/mol. The summed E-state index contributed by atoms with van der Waals surface area (Å²) in [7, 11) is 0. The summed E-state index contributed by atoms with van der Waals surface area (Å²) in [5.41, 5.74) is 4.49. The first kappa shape index (κ1) is 19.2. The van der Waals surface area contributed by atoms with E-state index in [1.165, 1.54) is 11.3 Å². The summed E-state index contributed by atoms with van der Waals surface area (Å²) < 4.78 is 7.23. The van der Waals surface area contributed by atoms with Crippen LogP contribution in [0.25, 0.3) is 17.1 Å². The van der Waals surface area contributed by atoms with E-state index in [9.17, 15) is 4.79 Å². The number of piperazine rings is 1. The van der Waals surface area contributed by atoms with Gasteiger partial charge < -0.3 is 14.2 Å². The molecule has 0 atom stereocenters. The third-order valence-corrected chi connectivity index (χ3v) is 5.64. The lowest BCUT2D eigenvalue weighted by molar-refractivity contribution is 0.0737. The molecule has 0 bridgehead atoms. The van der Waals surface area contributed by atoms with E-state index in [0.29, 0.717) is 30.2 Å². The molecule has 0 unspecified atom stereocenters. The first-order valence-electron chi connectivity index (χ1n) is 10.5. The second-order valence-electron chi connectivity index (χ2n) is 7.76. The topological polar surface area (TPSA) is 54.5 Å². The molecule has 1 saturated heterocycles. The zero-order valence-electron chi connectivity index (χ0n) is 17.4. The molecule has 0 radical (unpaired) electrons. The molecular weight excluding hydrogens is 388 g/mol. The number of carbonyl (C=O) groups excluding carboxylic acids is 1. The van der Waals surface area contributed by atoms with Gasteiger partial charge in [0.15, 0.2) is 5.76 Å². The van der Waals surface area contributed by atoms with E-state index in [2.05, 4.69) is 41.2 Å². The third-order valence-electron chi connectivity index (χ3n) is 5.64. The van der Waals surface area contributed by atoms with Gasteiger partial charge in [-0.05, 0) is 48.9 Å². The number of benzene rings is 2. The van der Waals surface area contributed by atoms with Gasteiger partial charge in [-0.15, -0.1) is 0 Å². The van der Waals surface area contributed by atoms with Crippen LogP contribution in [0.1, 0.15) is 16.1 Å². The van der Waals surface area contributed by atoms with Crippen LogP contribution in [0.15, 0.2) is 83.5 Å². The number of nitrogens with zero attached hydrogens (tertiary/aromatic N) is 4. The molecule has 6 nitrogen and oxygen atoms in total. The zero-order valence-corrected chi connectivity index (χ0v) is 17.4. The maximum absolute atomic E-state index is 13.5. The number of aryl methyl sites for hydroxylation is 1. The Labute approximate surface area is 181 Å². The third kappa shape index (κ3) is 3.84. The molecule has 2 aromatic heterocycles. The number of hydrogen-bond acceptors (Lipinski definition) is 4. The molecule has 1 fully saturated rings. The van der Waals surface area contributed by atoms with E-state index in [0.717, 1.165) is 18.8 Å².